The van der Waals surface area contributed by atoms with E-state index in [1.165, 1.54) is 23.0 Å². The number of nitrogen functional groups attached to an aromatic ring is 1. The molecule has 0 atom stereocenters. The van der Waals surface area contributed by atoms with Crippen LogP contribution in [0.1, 0.15) is 10.4 Å². The molecule has 0 bridgehead atoms. The first-order chi connectivity index (χ1) is 14.5. The summed E-state index contributed by atoms with van der Waals surface area (Å²) in [4.78, 5) is 29.7. The molecule has 4 rings (SSSR count). The molecule has 30 heavy (non-hydrogen) atoms. The summed E-state index contributed by atoms with van der Waals surface area (Å²) in [5, 5.41) is 18.1. The fourth-order valence-electron chi connectivity index (χ4n) is 3.50. The minimum absolute atomic E-state index is 0.0389. The van der Waals surface area contributed by atoms with E-state index in [4.69, 9.17) is 10.5 Å². The van der Waals surface area contributed by atoms with E-state index < -0.39 is 4.92 Å². The number of non-ortho nitro benzene ring substituents is 1. The zero-order valence-corrected chi connectivity index (χ0v) is 16.2. The molecule has 1 aliphatic rings. The lowest BCUT2D eigenvalue weighted by Gasteiger charge is -2.26. The van der Waals surface area contributed by atoms with Crippen molar-refractivity contribution in [2.75, 3.05) is 45.1 Å². The Morgan fingerprint density at radius 1 is 1.27 bits per heavy atom. The summed E-state index contributed by atoms with van der Waals surface area (Å²) in [5.74, 6) is -0.0627. The SMILES string of the molecule is Nc1ncnn2cc(C(=O)NCCN3CCOCC3)c(-c3ccc([N+](=O)[O-])cc3)c12. The number of hydrogen-bond donors (Lipinski definition) is 2. The molecule has 0 unspecified atom stereocenters. The van der Waals surface area contributed by atoms with E-state index in [1.54, 1.807) is 18.3 Å². The minimum atomic E-state index is -0.474. The number of anilines is 1. The number of amides is 1. The van der Waals surface area contributed by atoms with Crippen LogP contribution >= 0.6 is 0 Å². The van der Waals surface area contributed by atoms with Gasteiger partial charge in [0.15, 0.2) is 5.82 Å². The largest absolute Gasteiger partial charge is 0.382 e. The molecule has 0 aliphatic carbocycles. The number of carbonyl (C=O) groups excluding carboxylic acids is 1. The molecule has 11 nitrogen and oxygen atoms in total. The van der Waals surface area contributed by atoms with Crippen LogP contribution in [0.4, 0.5) is 11.5 Å². The maximum absolute atomic E-state index is 13.0. The van der Waals surface area contributed by atoms with Crippen LogP contribution in [-0.2, 0) is 4.74 Å². The highest BCUT2D eigenvalue weighted by atomic mass is 16.6. The highest BCUT2D eigenvalue weighted by Crippen LogP contribution is 2.33. The van der Waals surface area contributed by atoms with E-state index in [1.807, 2.05) is 0 Å². The number of fused-ring (bicyclic) bond motifs is 1. The number of nitro benzene ring substituents is 1. The fraction of sp³-hybridized carbons (Fsp3) is 0.316. The zero-order chi connectivity index (χ0) is 21.1. The topological polar surface area (TPSA) is 141 Å². The van der Waals surface area contributed by atoms with Gasteiger partial charge in [0.25, 0.3) is 11.6 Å². The molecule has 11 heteroatoms. The predicted molar refractivity (Wildman–Crippen MR) is 109 cm³/mol. The van der Waals surface area contributed by atoms with Crippen molar-refractivity contribution in [3.63, 3.8) is 0 Å². The molecule has 1 fully saturated rings. The lowest BCUT2D eigenvalue weighted by molar-refractivity contribution is -0.384. The van der Waals surface area contributed by atoms with Crippen molar-refractivity contribution in [1.29, 1.82) is 0 Å². The molecule has 3 heterocycles. The number of nitrogens with one attached hydrogen (secondary N) is 1. The van der Waals surface area contributed by atoms with Crippen LogP contribution in [0.5, 0.6) is 0 Å². The lowest BCUT2D eigenvalue weighted by atomic mass is 10.0. The van der Waals surface area contributed by atoms with E-state index in [0.29, 0.717) is 42.0 Å². The van der Waals surface area contributed by atoms with Crippen molar-refractivity contribution in [1.82, 2.24) is 24.8 Å². The van der Waals surface area contributed by atoms with Crippen molar-refractivity contribution in [2.45, 2.75) is 0 Å². The van der Waals surface area contributed by atoms with Gasteiger partial charge in [0.2, 0.25) is 0 Å². The molecule has 0 spiro atoms. The number of morpholine rings is 1. The summed E-state index contributed by atoms with van der Waals surface area (Å²) >= 11 is 0. The molecule has 0 saturated carbocycles. The van der Waals surface area contributed by atoms with Crippen molar-refractivity contribution < 1.29 is 14.5 Å². The first kappa shape index (κ1) is 19.7. The van der Waals surface area contributed by atoms with Crippen molar-refractivity contribution in [2.24, 2.45) is 0 Å². The van der Waals surface area contributed by atoms with Crippen LogP contribution in [0.2, 0.25) is 0 Å². The number of hydrogen-bond acceptors (Lipinski definition) is 8. The highest BCUT2D eigenvalue weighted by molar-refractivity contribution is 6.07. The summed E-state index contributed by atoms with van der Waals surface area (Å²) < 4.78 is 6.83. The summed E-state index contributed by atoms with van der Waals surface area (Å²) in [6, 6.07) is 5.95. The number of carbonyl (C=O) groups is 1. The number of rotatable bonds is 6. The Morgan fingerprint density at radius 2 is 2.00 bits per heavy atom. The Bertz CT molecular complexity index is 1070. The van der Waals surface area contributed by atoms with E-state index in [-0.39, 0.29) is 17.4 Å². The molecule has 1 saturated heterocycles. The van der Waals surface area contributed by atoms with Gasteiger partial charge in [-0.15, -0.1) is 0 Å². The normalized spacial score (nSPS) is 14.7. The van der Waals surface area contributed by atoms with E-state index >= 15 is 0 Å². The Hall–Kier alpha value is -3.57. The van der Waals surface area contributed by atoms with E-state index in [0.717, 1.165) is 19.6 Å². The zero-order valence-electron chi connectivity index (χ0n) is 16.2. The van der Waals surface area contributed by atoms with Gasteiger partial charge in [-0.1, -0.05) is 0 Å². The second-order valence-electron chi connectivity index (χ2n) is 6.87. The Morgan fingerprint density at radius 3 is 2.70 bits per heavy atom. The molecule has 1 amide bonds. The van der Waals surface area contributed by atoms with Gasteiger partial charge in [0.05, 0.1) is 23.7 Å². The van der Waals surface area contributed by atoms with Crippen molar-refractivity contribution >= 4 is 22.9 Å². The summed E-state index contributed by atoms with van der Waals surface area (Å²) in [7, 11) is 0. The van der Waals surface area contributed by atoms with Crippen molar-refractivity contribution in [3.05, 3.63) is 52.5 Å². The number of benzene rings is 1. The third-order valence-electron chi connectivity index (χ3n) is 5.03. The number of nitrogens with two attached hydrogens (primary N) is 1. The lowest BCUT2D eigenvalue weighted by Crippen LogP contribution is -2.41. The Balaban J connectivity index is 1.63. The average molecular weight is 411 g/mol. The predicted octanol–water partition coefficient (Wildman–Crippen LogP) is 0.949. The molecule has 1 aromatic carbocycles. The van der Waals surface area contributed by atoms with Gasteiger partial charge in [-0.2, -0.15) is 5.10 Å². The van der Waals surface area contributed by atoms with Gasteiger partial charge in [0.1, 0.15) is 11.8 Å². The van der Waals surface area contributed by atoms with Crippen LogP contribution < -0.4 is 11.1 Å². The highest BCUT2D eigenvalue weighted by Gasteiger charge is 2.22. The average Bonchev–Trinajstić information content (AvgIpc) is 3.15. The van der Waals surface area contributed by atoms with E-state index in [9.17, 15) is 14.9 Å². The number of nitro groups is 1. The molecule has 1 aliphatic heterocycles. The van der Waals surface area contributed by atoms with Gasteiger partial charge in [-0.05, 0) is 17.7 Å². The maximum Gasteiger partial charge on any atom is 0.269 e. The quantitative estimate of drug-likeness (QED) is 0.451. The van der Waals surface area contributed by atoms with Gasteiger partial charge < -0.3 is 15.8 Å². The second kappa shape index (κ2) is 8.43. The molecule has 156 valence electrons. The van der Waals surface area contributed by atoms with Gasteiger partial charge in [0, 0.05) is 50.1 Å². The van der Waals surface area contributed by atoms with Crippen LogP contribution in [0.3, 0.4) is 0 Å². The number of nitrogens with zero attached hydrogens (tertiary/aromatic N) is 5. The van der Waals surface area contributed by atoms with Crippen LogP contribution in [0.25, 0.3) is 16.6 Å². The molecule has 0 radical (unpaired) electrons. The molecule has 2 aromatic heterocycles. The first-order valence-electron chi connectivity index (χ1n) is 9.49. The van der Waals surface area contributed by atoms with E-state index in [2.05, 4.69) is 20.3 Å². The molecular formula is C19H21N7O4. The van der Waals surface area contributed by atoms with Crippen LogP contribution in [0.15, 0.2) is 36.8 Å². The molecule has 3 aromatic rings. The van der Waals surface area contributed by atoms with Crippen LogP contribution in [-0.4, -0.2) is 69.7 Å². The monoisotopic (exact) mass is 411 g/mol. The summed E-state index contributed by atoms with van der Waals surface area (Å²) in [6.07, 6.45) is 2.90. The van der Waals surface area contributed by atoms with Crippen molar-refractivity contribution in [3.8, 4) is 11.1 Å². The molecular weight excluding hydrogens is 390 g/mol. The Kier molecular flexibility index (Phi) is 5.55. The number of ether oxygens (including phenoxy) is 1. The Labute approximate surface area is 171 Å². The second-order valence-corrected chi connectivity index (χ2v) is 6.87. The minimum Gasteiger partial charge on any atom is -0.382 e. The fourth-order valence-corrected chi connectivity index (χ4v) is 3.50. The smallest absolute Gasteiger partial charge is 0.269 e. The first-order valence-corrected chi connectivity index (χ1v) is 9.49. The summed E-state index contributed by atoms with van der Waals surface area (Å²) in [5.41, 5.74) is 8.01. The van der Waals surface area contributed by atoms with Gasteiger partial charge in [-0.25, -0.2) is 9.50 Å². The third kappa shape index (κ3) is 3.93. The standard InChI is InChI=1S/C19H21N7O4/c20-18-17-16(13-1-3-14(4-2-13)26(28)29)15(11-25(17)23-12-22-18)19(27)21-5-6-24-7-9-30-10-8-24/h1-4,11-12H,5-10H2,(H,21,27)(H2,20,22,23). The molecule has 3 N–H and O–H groups in total. The number of aromatic nitrogens is 3. The maximum atomic E-state index is 13.0. The van der Waals surface area contributed by atoms with Gasteiger partial charge in [-0.3, -0.25) is 19.8 Å². The third-order valence-corrected chi connectivity index (χ3v) is 5.03. The van der Waals surface area contributed by atoms with Crippen LogP contribution in [0, 0.1) is 10.1 Å². The van der Waals surface area contributed by atoms with Gasteiger partial charge >= 0.3 is 0 Å². The summed E-state index contributed by atoms with van der Waals surface area (Å²) in [6.45, 7) is 4.27.